The number of benzene rings is 1. The van der Waals surface area contributed by atoms with Gasteiger partial charge in [0.1, 0.15) is 0 Å². The molecular formula is C24H29NO5. The van der Waals surface area contributed by atoms with E-state index in [9.17, 15) is 14.4 Å². The van der Waals surface area contributed by atoms with Gasteiger partial charge in [0.2, 0.25) is 5.78 Å². The van der Waals surface area contributed by atoms with Gasteiger partial charge < -0.3 is 14.1 Å². The maximum Gasteiger partial charge on any atom is 0.309 e. The van der Waals surface area contributed by atoms with E-state index in [2.05, 4.69) is 20.8 Å². The van der Waals surface area contributed by atoms with Gasteiger partial charge in [0.15, 0.2) is 11.9 Å². The molecule has 0 N–H and O–H groups in total. The second-order valence-corrected chi connectivity index (χ2v) is 8.81. The summed E-state index contributed by atoms with van der Waals surface area (Å²) in [6.45, 7) is 8.85. The van der Waals surface area contributed by atoms with Gasteiger partial charge in [0.05, 0.1) is 12.2 Å². The predicted octanol–water partition coefficient (Wildman–Crippen LogP) is 4.24. The molecule has 0 saturated carbocycles. The Labute approximate surface area is 177 Å². The highest BCUT2D eigenvalue weighted by atomic mass is 16.5. The van der Waals surface area contributed by atoms with E-state index in [1.165, 1.54) is 6.26 Å². The molecular weight excluding hydrogens is 382 g/mol. The maximum atomic E-state index is 12.7. The standard InChI is InChI=1S/C24H29NO5/c1-16(21(26)17-7-9-19(10-8-17)24(2,3)4)30-23(28)18-11-13-25(14-12-18)22(27)20-6-5-15-29-20/h5-10,15-16,18H,11-14H2,1-4H3. The highest BCUT2D eigenvalue weighted by molar-refractivity contribution is 6.00. The molecule has 0 bridgehead atoms. The highest BCUT2D eigenvalue weighted by Crippen LogP contribution is 2.24. The summed E-state index contributed by atoms with van der Waals surface area (Å²) in [7, 11) is 0. The van der Waals surface area contributed by atoms with Crippen molar-refractivity contribution in [2.24, 2.45) is 5.92 Å². The van der Waals surface area contributed by atoms with E-state index < -0.39 is 6.10 Å². The fraction of sp³-hybridized carbons (Fsp3) is 0.458. The van der Waals surface area contributed by atoms with E-state index in [-0.39, 0.29) is 29.0 Å². The molecule has 6 nitrogen and oxygen atoms in total. The molecule has 0 radical (unpaired) electrons. The van der Waals surface area contributed by atoms with Gasteiger partial charge in [-0.05, 0) is 42.9 Å². The van der Waals surface area contributed by atoms with Crippen LogP contribution in [0.3, 0.4) is 0 Å². The van der Waals surface area contributed by atoms with Crippen LogP contribution in [-0.2, 0) is 14.9 Å². The molecule has 0 spiro atoms. The number of ether oxygens (including phenoxy) is 1. The highest BCUT2D eigenvalue weighted by Gasteiger charge is 2.31. The Morgan fingerprint density at radius 1 is 1.07 bits per heavy atom. The first kappa shape index (κ1) is 21.8. The lowest BCUT2D eigenvalue weighted by Crippen LogP contribution is -2.41. The monoisotopic (exact) mass is 411 g/mol. The van der Waals surface area contributed by atoms with Crippen molar-refractivity contribution in [2.75, 3.05) is 13.1 Å². The maximum absolute atomic E-state index is 12.7. The third-order valence-electron chi connectivity index (χ3n) is 5.55. The van der Waals surface area contributed by atoms with Gasteiger partial charge in [-0.2, -0.15) is 0 Å². The number of Topliss-reactive ketones (excluding diaryl/α,β-unsaturated/α-hetero) is 1. The molecule has 1 amide bonds. The van der Waals surface area contributed by atoms with Crippen molar-refractivity contribution in [3.8, 4) is 0 Å². The van der Waals surface area contributed by atoms with Gasteiger partial charge in [-0.1, -0.05) is 45.0 Å². The summed E-state index contributed by atoms with van der Waals surface area (Å²) in [5, 5.41) is 0. The van der Waals surface area contributed by atoms with E-state index in [4.69, 9.17) is 9.15 Å². The second kappa shape index (κ2) is 8.86. The topological polar surface area (TPSA) is 76.8 Å². The summed E-state index contributed by atoms with van der Waals surface area (Å²) in [5.41, 5.74) is 1.68. The van der Waals surface area contributed by atoms with Crippen molar-refractivity contribution in [2.45, 2.75) is 52.1 Å². The van der Waals surface area contributed by atoms with Crippen LogP contribution < -0.4 is 0 Å². The molecule has 1 aliphatic rings. The summed E-state index contributed by atoms with van der Waals surface area (Å²) in [6.07, 6.45) is 1.63. The Hall–Kier alpha value is -2.89. The largest absolute Gasteiger partial charge is 0.459 e. The molecule has 30 heavy (non-hydrogen) atoms. The summed E-state index contributed by atoms with van der Waals surface area (Å²) >= 11 is 0. The van der Waals surface area contributed by atoms with Gasteiger partial charge in [-0.3, -0.25) is 14.4 Å². The smallest absolute Gasteiger partial charge is 0.309 e. The van der Waals surface area contributed by atoms with Crippen molar-refractivity contribution < 1.29 is 23.5 Å². The first-order valence-electron chi connectivity index (χ1n) is 10.3. The molecule has 1 aliphatic heterocycles. The zero-order valence-corrected chi connectivity index (χ0v) is 18.0. The molecule has 1 fully saturated rings. The molecule has 6 heteroatoms. The fourth-order valence-electron chi connectivity index (χ4n) is 3.57. The van der Waals surface area contributed by atoms with Gasteiger partial charge in [0, 0.05) is 18.7 Å². The number of carbonyl (C=O) groups excluding carboxylic acids is 3. The molecule has 1 saturated heterocycles. The molecule has 160 valence electrons. The van der Waals surface area contributed by atoms with Crippen LogP contribution in [0.25, 0.3) is 0 Å². The molecule has 1 aromatic heterocycles. The van der Waals surface area contributed by atoms with Crippen LogP contribution in [0.5, 0.6) is 0 Å². The summed E-state index contributed by atoms with van der Waals surface area (Å²) < 4.78 is 10.6. The zero-order chi connectivity index (χ0) is 21.9. The second-order valence-electron chi connectivity index (χ2n) is 8.81. The van der Waals surface area contributed by atoms with Gasteiger partial charge in [-0.15, -0.1) is 0 Å². The fourth-order valence-corrected chi connectivity index (χ4v) is 3.57. The summed E-state index contributed by atoms with van der Waals surface area (Å²) in [4.78, 5) is 39.2. The first-order valence-corrected chi connectivity index (χ1v) is 10.3. The Bertz CT molecular complexity index is 885. The number of ketones is 1. The molecule has 1 atom stereocenters. The number of carbonyl (C=O) groups is 3. The average molecular weight is 411 g/mol. The van der Waals surface area contributed by atoms with Crippen LogP contribution in [0.1, 0.15) is 67.0 Å². The van der Waals surface area contributed by atoms with Crippen LogP contribution in [0.2, 0.25) is 0 Å². The SMILES string of the molecule is CC(OC(=O)C1CCN(C(=O)c2ccco2)CC1)C(=O)c1ccc(C(C)(C)C)cc1. The van der Waals surface area contributed by atoms with Crippen LogP contribution in [0, 0.1) is 5.92 Å². The van der Waals surface area contributed by atoms with Crippen molar-refractivity contribution >= 4 is 17.7 Å². The van der Waals surface area contributed by atoms with Crippen molar-refractivity contribution in [1.29, 1.82) is 0 Å². The minimum atomic E-state index is -0.847. The quantitative estimate of drug-likeness (QED) is 0.543. The summed E-state index contributed by atoms with van der Waals surface area (Å²) in [6, 6.07) is 10.7. The molecule has 0 aliphatic carbocycles. The zero-order valence-electron chi connectivity index (χ0n) is 18.0. The van der Waals surface area contributed by atoms with E-state index in [0.29, 0.717) is 37.3 Å². The minimum Gasteiger partial charge on any atom is -0.459 e. The van der Waals surface area contributed by atoms with Crippen LogP contribution in [0.4, 0.5) is 0 Å². The van der Waals surface area contributed by atoms with Gasteiger partial charge in [-0.25, -0.2) is 0 Å². The van der Waals surface area contributed by atoms with Gasteiger partial charge in [0.25, 0.3) is 5.91 Å². The van der Waals surface area contributed by atoms with E-state index in [1.807, 2.05) is 12.1 Å². The average Bonchev–Trinajstić information content (AvgIpc) is 3.27. The Morgan fingerprint density at radius 2 is 1.70 bits per heavy atom. The Balaban J connectivity index is 1.52. The van der Waals surface area contributed by atoms with E-state index in [0.717, 1.165) is 5.56 Å². The molecule has 1 unspecified atom stereocenters. The number of amides is 1. The number of furan rings is 1. The lowest BCUT2D eigenvalue weighted by Gasteiger charge is -2.30. The number of hydrogen-bond donors (Lipinski definition) is 0. The Kier molecular flexibility index (Phi) is 6.44. The number of esters is 1. The third kappa shape index (κ3) is 4.99. The van der Waals surface area contributed by atoms with E-state index >= 15 is 0 Å². The lowest BCUT2D eigenvalue weighted by molar-refractivity contribution is -0.152. The normalized spacial score (nSPS) is 16.2. The molecule has 2 heterocycles. The van der Waals surface area contributed by atoms with Crippen molar-refractivity contribution in [1.82, 2.24) is 4.90 Å². The number of rotatable bonds is 5. The molecule has 3 rings (SSSR count). The predicted molar refractivity (Wildman–Crippen MR) is 112 cm³/mol. The van der Waals surface area contributed by atoms with Crippen LogP contribution in [-0.4, -0.2) is 41.8 Å². The Morgan fingerprint density at radius 3 is 2.23 bits per heavy atom. The van der Waals surface area contributed by atoms with E-state index in [1.54, 1.807) is 36.1 Å². The van der Waals surface area contributed by atoms with Crippen LogP contribution in [0.15, 0.2) is 47.1 Å². The van der Waals surface area contributed by atoms with Crippen molar-refractivity contribution in [3.63, 3.8) is 0 Å². The van der Waals surface area contributed by atoms with Crippen LogP contribution >= 0.6 is 0 Å². The molecule has 1 aromatic carbocycles. The van der Waals surface area contributed by atoms with Crippen molar-refractivity contribution in [3.05, 3.63) is 59.5 Å². The van der Waals surface area contributed by atoms with Gasteiger partial charge >= 0.3 is 5.97 Å². The molecule has 2 aromatic rings. The third-order valence-corrected chi connectivity index (χ3v) is 5.55. The lowest BCUT2D eigenvalue weighted by atomic mass is 9.86. The number of piperidine rings is 1. The summed E-state index contributed by atoms with van der Waals surface area (Å²) in [5.74, 6) is -0.785. The minimum absolute atomic E-state index is 0.00679. The number of likely N-dealkylation sites (tertiary alicyclic amines) is 1. The number of nitrogens with zero attached hydrogens (tertiary/aromatic N) is 1. The first-order chi connectivity index (χ1) is 14.2. The number of hydrogen-bond acceptors (Lipinski definition) is 5.